The zero-order chi connectivity index (χ0) is 14.5. The first-order chi connectivity index (χ1) is 9.63. The molecular formula is C15H15ClFNO2. The number of aryl methyl sites for hydroxylation is 1. The minimum absolute atomic E-state index is 0.156. The smallest absolute Gasteiger partial charge is 0.165 e. The van der Waals surface area contributed by atoms with Gasteiger partial charge in [0, 0.05) is 23.4 Å². The highest BCUT2D eigenvalue weighted by Crippen LogP contribution is 2.25. The number of ether oxygens (including phenoxy) is 2. The fraction of sp³-hybridized carbons (Fsp3) is 0.267. The Bertz CT molecular complexity index is 604. The van der Waals surface area contributed by atoms with Crippen LogP contribution in [0.15, 0.2) is 30.3 Å². The van der Waals surface area contributed by atoms with Gasteiger partial charge in [0.2, 0.25) is 0 Å². The minimum Gasteiger partial charge on any atom is -0.497 e. The molecule has 0 saturated carbocycles. The lowest BCUT2D eigenvalue weighted by atomic mass is 10.2. The van der Waals surface area contributed by atoms with Gasteiger partial charge in [-0.2, -0.15) is 0 Å². The third kappa shape index (κ3) is 3.39. The second-order valence-electron chi connectivity index (χ2n) is 4.29. The summed E-state index contributed by atoms with van der Waals surface area (Å²) in [5, 5.41) is 0. The molecule has 0 fully saturated rings. The summed E-state index contributed by atoms with van der Waals surface area (Å²) in [6.45, 7) is 2.02. The quantitative estimate of drug-likeness (QED) is 0.785. The molecular weight excluding hydrogens is 281 g/mol. The van der Waals surface area contributed by atoms with E-state index in [0.717, 1.165) is 5.69 Å². The van der Waals surface area contributed by atoms with Crippen LogP contribution in [0.25, 0.3) is 0 Å². The SMILES string of the molecule is COc1cc(C)nc(COc2c(F)cccc2CCl)c1. The summed E-state index contributed by atoms with van der Waals surface area (Å²) < 4.78 is 24.4. The van der Waals surface area contributed by atoms with Gasteiger partial charge in [0.25, 0.3) is 0 Å². The molecule has 3 nitrogen and oxygen atoms in total. The summed E-state index contributed by atoms with van der Waals surface area (Å²) in [5.41, 5.74) is 2.10. The molecule has 2 rings (SSSR count). The van der Waals surface area contributed by atoms with Gasteiger partial charge >= 0.3 is 0 Å². The van der Waals surface area contributed by atoms with E-state index in [2.05, 4.69) is 4.98 Å². The molecule has 1 heterocycles. The largest absolute Gasteiger partial charge is 0.497 e. The lowest BCUT2D eigenvalue weighted by Gasteiger charge is -2.11. The van der Waals surface area contributed by atoms with Crippen LogP contribution in [0.1, 0.15) is 17.0 Å². The van der Waals surface area contributed by atoms with E-state index in [1.807, 2.05) is 13.0 Å². The lowest BCUT2D eigenvalue weighted by Crippen LogP contribution is -2.03. The van der Waals surface area contributed by atoms with Crippen LogP contribution in [0.3, 0.4) is 0 Å². The van der Waals surface area contributed by atoms with Crippen LogP contribution in [0.2, 0.25) is 0 Å². The Morgan fingerprint density at radius 3 is 2.80 bits per heavy atom. The molecule has 20 heavy (non-hydrogen) atoms. The van der Waals surface area contributed by atoms with Gasteiger partial charge in [-0.3, -0.25) is 4.98 Å². The van der Waals surface area contributed by atoms with Crippen molar-refractivity contribution in [2.24, 2.45) is 0 Å². The standard InChI is InChI=1S/C15H15ClFNO2/c1-10-6-13(19-2)7-12(18-10)9-20-15-11(8-16)4-3-5-14(15)17/h3-7H,8-9H2,1-2H3. The molecule has 0 radical (unpaired) electrons. The average Bonchev–Trinajstić information content (AvgIpc) is 2.45. The molecule has 0 atom stereocenters. The number of nitrogens with zero attached hydrogens (tertiary/aromatic N) is 1. The Morgan fingerprint density at radius 2 is 2.10 bits per heavy atom. The number of methoxy groups -OCH3 is 1. The van der Waals surface area contributed by atoms with Gasteiger partial charge in [-0.1, -0.05) is 12.1 Å². The number of hydrogen-bond donors (Lipinski definition) is 0. The molecule has 0 bridgehead atoms. The zero-order valence-electron chi connectivity index (χ0n) is 11.3. The Labute approximate surface area is 122 Å². The normalized spacial score (nSPS) is 10.4. The van der Waals surface area contributed by atoms with Crippen LogP contribution < -0.4 is 9.47 Å². The van der Waals surface area contributed by atoms with E-state index in [4.69, 9.17) is 21.1 Å². The number of aromatic nitrogens is 1. The lowest BCUT2D eigenvalue weighted by molar-refractivity contribution is 0.282. The molecule has 106 valence electrons. The highest BCUT2D eigenvalue weighted by Gasteiger charge is 2.10. The van der Waals surface area contributed by atoms with Crippen molar-refractivity contribution in [2.45, 2.75) is 19.4 Å². The van der Waals surface area contributed by atoms with Crippen LogP contribution >= 0.6 is 11.6 Å². The van der Waals surface area contributed by atoms with E-state index >= 15 is 0 Å². The molecule has 5 heteroatoms. The van der Waals surface area contributed by atoms with Gasteiger partial charge in [0.05, 0.1) is 18.7 Å². The highest BCUT2D eigenvalue weighted by molar-refractivity contribution is 6.17. The van der Waals surface area contributed by atoms with Gasteiger partial charge in [-0.05, 0) is 13.0 Å². The number of hydrogen-bond acceptors (Lipinski definition) is 3. The third-order valence-corrected chi connectivity index (χ3v) is 3.06. The van der Waals surface area contributed by atoms with E-state index in [-0.39, 0.29) is 18.2 Å². The number of halogens is 2. The number of alkyl halides is 1. The summed E-state index contributed by atoms with van der Waals surface area (Å²) in [6, 6.07) is 8.25. The summed E-state index contributed by atoms with van der Waals surface area (Å²) in [7, 11) is 1.59. The molecule has 0 amide bonds. The van der Waals surface area contributed by atoms with Crippen LogP contribution in [0, 0.1) is 12.7 Å². The summed E-state index contributed by atoms with van der Waals surface area (Å²) in [6.07, 6.45) is 0. The van der Waals surface area contributed by atoms with Crippen molar-refractivity contribution in [3.05, 3.63) is 53.1 Å². The van der Waals surface area contributed by atoms with E-state index in [1.165, 1.54) is 6.07 Å². The predicted octanol–water partition coefficient (Wildman–Crippen LogP) is 3.86. The van der Waals surface area contributed by atoms with Crippen molar-refractivity contribution in [3.63, 3.8) is 0 Å². The first-order valence-corrected chi connectivity index (χ1v) is 6.65. The fourth-order valence-corrected chi connectivity index (χ4v) is 2.07. The molecule has 0 N–H and O–H groups in total. The molecule has 0 aliphatic rings. The molecule has 0 aliphatic heterocycles. The number of benzene rings is 1. The van der Waals surface area contributed by atoms with Crippen LogP contribution in [-0.2, 0) is 12.5 Å². The predicted molar refractivity (Wildman–Crippen MR) is 75.8 cm³/mol. The molecule has 0 saturated heterocycles. The highest BCUT2D eigenvalue weighted by atomic mass is 35.5. The molecule has 0 aliphatic carbocycles. The molecule has 1 aromatic heterocycles. The van der Waals surface area contributed by atoms with Crippen molar-refractivity contribution in [2.75, 3.05) is 7.11 Å². The molecule has 0 unspecified atom stereocenters. The number of pyridine rings is 1. The second kappa shape index (κ2) is 6.57. The zero-order valence-corrected chi connectivity index (χ0v) is 12.1. The van der Waals surface area contributed by atoms with Crippen molar-refractivity contribution in [3.8, 4) is 11.5 Å². The third-order valence-electron chi connectivity index (χ3n) is 2.77. The van der Waals surface area contributed by atoms with Gasteiger partial charge in [0.15, 0.2) is 11.6 Å². The first-order valence-electron chi connectivity index (χ1n) is 6.11. The van der Waals surface area contributed by atoms with Gasteiger partial charge in [-0.15, -0.1) is 11.6 Å². The summed E-state index contributed by atoms with van der Waals surface area (Å²) in [4.78, 5) is 4.32. The van der Waals surface area contributed by atoms with Crippen LogP contribution in [-0.4, -0.2) is 12.1 Å². The van der Waals surface area contributed by atoms with Gasteiger partial charge < -0.3 is 9.47 Å². The molecule has 1 aromatic carbocycles. The van der Waals surface area contributed by atoms with Crippen molar-refractivity contribution < 1.29 is 13.9 Å². The minimum atomic E-state index is -0.428. The Morgan fingerprint density at radius 1 is 1.30 bits per heavy atom. The Balaban J connectivity index is 2.19. The van der Waals surface area contributed by atoms with E-state index < -0.39 is 5.82 Å². The van der Waals surface area contributed by atoms with E-state index in [9.17, 15) is 4.39 Å². The second-order valence-corrected chi connectivity index (χ2v) is 4.56. The monoisotopic (exact) mass is 295 g/mol. The molecule has 0 spiro atoms. The number of para-hydroxylation sites is 1. The fourth-order valence-electron chi connectivity index (χ4n) is 1.86. The summed E-state index contributed by atoms with van der Waals surface area (Å²) >= 11 is 5.78. The van der Waals surface area contributed by atoms with Crippen molar-refractivity contribution in [1.29, 1.82) is 0 Å². The number of rotatable bonds is 5. The van der Waals surface area contributed by atoms with Crippen LogP contribution in [0.5, 0.6) is 11.5 Å². The molecule has 2 aromatic rings. The first kappa shape index (κ1) is 14.6. The Kier molecular flexibility index (Phi) is 4.79. The maximum absolute atomic E-state index is 13.7. The maximum Gasteiger partial charge on any atom is 0.165 e. The van der Waals surface area contributed by atoms with Crippen molar-refractivity contribution in [1.82, 2.24) is 4.98 Å². The van der Waals surface area contributed by atoms with E-state index in [0.29, 0.717) is 17.0 Å². The average molecular weight is 296 g/mol. The maximum atomic E-state index is 13.7. The van der Waals surface area contributed by atoms with Crippen molar-refractivity contribution >= 4 is 11.6 Å². The topological polar surface area (TPSA) is 31.4 Å². The van der Waals surface area contributed by atoms with Crippen LogP contribution in [0.4, 0.5) is 4.39 Å². The van der Waals surface area contributed by atoms with E-state index in [1.54, 1.807) is 25.3 Å². The van der Waals surface area contributed by atoms with Gasteiger partial charge in [-0.25, -0.2) is 4.39 Å². The summed E-state index contributed by atoms with van der Waals surface area (Å²) in [5.74, 6) is 0.632. The van der Waals surface area contributed by atoms with Gasteiger partial charge in [0.1, 0.15) is 12.4 Å². The Hall–Kier alpha value is -1.81.